The van der Waals surface area contributed by atoms with Gasteiger partial charge < -0.3 is 10.6 Å². The van der Waals surface area contributed by atoms with Crippen LogP contribution in [0.3, 0.4) is 0 Å². The summed E-state index contributed by atoms with van der Waals surface area (Å²) in [4.78, 5) is 18.1. The van der Waals surface area contributed by atoms with Gasteiger partial charge in [-0.3, -0.25) is 9.69 Å². The molecule has 20 heavy (non-hydrogen) atoms. The normalized spacial score (nSPS) is 10.6. The Balaban J connectivity index is 2.73. The standard InChI is InChI=1S/C15H26N4O/c1-4-8-17-15-13(7-6-9-18-15)11-19(10-5-2)12-14(20)16-3/h6-7,9H,4-5,8,10-12H2,1-3H3,(H,16,20)(H,17,18). The molecule has 0 saturated heterocycles. The summed E-state index contributed by atoms with van der Waals surface area (Å²) in [5, 5.41) is 6.02. The van der Waals surface area contributed by atoms with E-state index in [1.807, 2.05) is 6.07 Å². The lowest BCUT2D eigenvalue weighted by Gasteiger charge is -2.22. The maximum absolute atomic E-state index is 11.6. The smallest absolute Gasteiger partial charge is 0.233 e. The summed E-state index contributed by atoms with van der Waals surface area (Å²) in [6, 6.07) is 4.01. The van der Waals surface area contributed by atoms with Gasteiger partial charge in [0, 0.05) is 31.9 Å². The fraction of sp³-hybridized carbons (Fsp3) is 0.600. The van der Waals surface area contributed by atoms with Gasteiger partial charge in [0.25, 0.3) is 0 Å². The first-order valence-corrected chi connectivity index (χ1v) is 7.31. The number of aromatic nitrogens is 1. The summed E-state index contributed by atoms with van der Waals surface area (Å²) in [5.41, 5.74) is 1.14. The highest BCUT2D eigenvalue weighted by atomic mass is 16.1. The monoisotopic (exact) mass is 278 g/mol. The molecule has 0 bridgehead atoms. The molecule has 0 unspecified atom stereocenters. The molecule has 112 valence electrons. The molecule has 1 aromatic rings. The van der Waals surface area contributed by atoms with Crippen molar-refractivity contribution in [2.75, 3.05) is 32.0 Å². The van der Waals surface area contributed by atoms with Crippen LogP contribution in [0.4, 0.5) is 5.82 Å². The molecule has 0 spiro atoms. The van der Waals surface area contributed by atoms with Crippen LogP contribution < -0.4 is 10.6 Å². The van der Waals surface area contributed by atoms with Crippen molar-refractivity contribution >= 4 is 11.7 Å². The quantitative estimate of drug-likeness (QED) is 0.724. The molecular formula is C15H26N4O. The number of rotatable bonds is 9. The Labute approximate surface area is 121 Å². The highest BCUT2D eigenvalue weighted by Crippen LogP contribution is 2.14. The highest BCUT2D eigenvalue weighted by molar-refractivity contribution is 5.77. The predicted molar refractivity (Wildman–Crippen MR) is 82.7 cm³/mol. The van der Waals surface area contributed by atoms with Gasteiger partial charge in [-0.25, -0.2) is 4.98 Å². The zero-order valence-corrected chi connectivity index (χ0v) is 12.8. The summed E-state index contributed by atoms with van der Waals surface area (Å²) in [5.74, 6) is 0.970. The fourth-order valence-corrected chi connectivity index (χ4v) is 2.02. The number of hydrogen-bond donors (Lipinski definition) is 2. The van der Waals surface area contributed by atoms with E-state index in [1.165, 1.54) is 0 Å². The van der Waals surface area contributed by atoms with Gasteiger partial charge in [0.15, 0.2) is 0 Å². The topological polar surface area (TPSA) is 57.3 Å². The van der Waals surface area contributed by atoms with Crippen LogP contribution in [0.1, 0.15) is 32.3 Å². The van der Waals surface area contributed by atoms with Gasteiger partial charge in [-0.2, -0.15) is 0 Å². The third kappa shape index (κ3) is 5.57. The van der Waals surface area contributed by atoms with Gasteiger partial charge in [-0.15, -0.1) is 0 Å². The molecule has 0 aliphatic heterocycles. The van der Waals surface area contributed by atoms with Crippen LogP contribution in [0, 0.1) is 0 Å². The Kier molecular flexibility index (Phi) is 7.65. The number of amides is 1. The molecule has 5 nitrogen and oxygen atoms in total. The Hall–Kier alpha value is -1.62. The molecule has 0 aliphatic carbocycles. The van der Waals surface area contributed by atoms with Crippen LogP contribution in [0.25, 0.3) is 0 Å². The second-order valence-electron chi connectivity index (χ2n) is 4.82. The van der Waals surface area contributed by atoms with Crippen molar-refractivity contribution < 1.29 is 4.79 Å². The molecule has 0 aliphatic rings. The Bertz CT molecular complexity index is 409. The first-order chi connectivity index (χ1) is 9.71. The van der Waals surface area contributed by atoms with Crippen molar-refractivity contribution in [3.63, 3.8) is 0 Å². The van der Waals surface area contributed by atoms with Crippen LogP contribution >= 0.6 is 0 Å². The minimum absolute atomic E-state index is 0.0467. The van der Waals surface area contributed by atoms with Crippen LogP contribution in [0.5, 0.6) is 0 Å². The molecule has 0 fully saturated rings. The Morgan fingerprint density at radius 2 is 2.15 bits per heavy atom. The number of nitrogens with zero attached hydrogens (tertiary/aromatic N) is 2. The molecule has 1 amide bonds. The number of carbonyl (C=O) groups is 1. The van der Waals surface area contributed by atoms with Gasteiger partial charge in [-0.1, -0.05) is 19.9 Å². The van der Waals surface area contributed by atoms with Crippen molar-refractivity contribution in [3.8, 4) is 0 Å². The zero-order chi connectivity index (χ0) is 14.8. The molecule has 1 heterocycles. The van der Waals surface area contributed by atoms with E-state index in [-0.39, 0.29) is 5.91 Å². The van der Waals surface area contributed by atoms with E-state index in [4.69, 9.17) is 0 Å². The van der Waals surface area contributed by atoms with Crippen molar-refractivity contribution in [2.45, 2.75) is 33.2 Å². The second kappa shape index (κ2) is 9.31. The Morgan fingerprint density at radius 3 is 2.80 bits per heavy atom. The van der Waals surface area contributed by atoms with E-state index in [9.17, 15) is 4.79 Å². The van der Waals surface area contributed by atoms with Crippen LogP contribution in [-0.2, 0) is 11.3 Å². The van der Waals surface area contributed by atoms with Crippen molar-refractivity contribution in [2.24, 2.45) is 0 Å². The van der Waals surface area contributed by atoms with Gasteiger partial charge in [0.1, 0.15) is 5.82 Å². The van der Waals surface area contributed by atoms with Gasteiger partial charge in [0.2, 0.25) is 5.91 Å². The summed E-state index contributed by atoms with van der Waals surface area (Å²) in [6.07, 6.45) is 3.88. The van der Waals surface area contributed by atoms with Gasteiger partial charge >= 0.3 is 0 Å². The van der Waals surface area contributed by atoms with Gasteiger partial charge in [-0.05, 0) is 25.5 Å². The van der Waals surface area contributed by atoms with Crippen LogP contribution in [-0.4, -0.2) is 42.5 Å². The van der Waals surface area contributed by atoms with E-state index in [0.29, 0.717) is 6.54 Å². The van der Waals surface area contributed by atoms with E-state index in [1.54, 1.807) is 13.2 Å². The average Bonchev–Trinajstić information content (AvgIpc) is 2.46. The largest absolute Gasteiger partial charge is 0.370 e. The van der Waals surface area contributed by atoms with Crippen LogP contribution in [0.15, 0.2) is 18.3 Å². The molecule has 1 rings (SSSR count). The number of pyridine rings is 1. The van der Waals surface area contributed by atoms with Crippen LogP contribution in [0.2, 0.25) is 0 Å². The van der Waals surface area contributed by atoms with Crippen molar-refractivity contribution in [1.29, 1.82) is 0 Å². The minimum Gasteiger partial charge on any atom is -0.370 e. The van der Waals surface area contributed by atoms with E-state index < -0.39 is 0 Å². The summed E-state index contributed by atoms with van der Waals surface area (Å²) in [6.45, 7) is 7.22. The van der Waals surface area contributed by atoms with E-state index in [2.05, 4.69) is 40.4 Å². The average molecular weight is 278 g/mol. The van der Waals surface area contributed by atoms with E-state index in [0.717, 1.165) is 43.9 Å². The minimum atomic E-state index is 0.0467. The highest BCUT2D eigenvalue weighted by Gasteiger charge is 2.12. The number of hydrogen-bond acceptors (Lipinski definition) is 4. The van der Waals surface area contributed by atoms with Crippen molar-refractivity contribution in [3.05, 3.63) is 23.9 Å². The lowest BCUT2D eigenvalue weighted by molar-refractivity contribution is -0.121. The molecular weight excluding hydrogens is 252 g/mol. The maximum atomic E-state index is 11.6. The Morgan fingerprint density at radius 1 is 1.35 bits per heavy atom. The molecule has 0 aromatic carbocycles. The first-order valence-electron chi connectivity index (χ1n) is 7.31. The third-order valence-corrected chi connectivity index (χ3v) is 3.01. The van der Waals surface area contributed by atoms with Crippen molar-refractivity contribution in [1.82, 2.24) is 15.2 Å². The molecule has 0 saturated carbocycles. The molecule has 1 aromatic heterocycles. The number of likely N-dealkylation sites (N-methyl/N-ethyl adjacent to an activating group) is 1. The molecule has 0 atom stereocenters. The lowest BCUT2D eigenvalue weighted by Crippen LogP contribution is -2.35. The summed E-state index contributed by atoms with van der Waals surface area (Å²) >= 11 is 0. The maximum Gasteiger partial charge on any atom is 0.233 e. The second-order valence-corrected chi connectivity index (χ2v) is 4.82. The zero-order valence-electron chi connectivity index (χ0n) is 12.8. The number of nitrogens with one attached hydrogen (secondary N) is 2. The molecule has 2 N–H and O–H groups in total. The SMILES string of the molecule is CCCNc1ncccc1CN(CCC)CC(=O)NC. The van der Waals surface area contributed by atoms with E-state index >= 15 is 0 Å². The van der Waals surface area contributed by atoms with Gasteiger partial charge in [0.05, 0.1) is 6.54 Å². The fourth-order valence-electron chi connectivity index (χ4n) is 2.02. The third-order valence-electron chi connectivity index (χ3n) is 3.01. The molecule has 0 radical (unpaired) electrons. The predicted octanol–water partition coefficient (Wildman–Crippen LogP) is 1.86. The number of carbonyl (C=O) groups excluding carboxylic acids is 1. The molecule has 5 heteroatoms. The number of anilines is 1. The summed E-state index contributed by atoms with van der Waals surface area (Å²) in [7, 11) is 1.67. The first kappa shape index (κ1) is 16.4. The summed E-state index contributed by atoms with van der Waals surface area (Å²) < 4.78 is 0. The lowest BCUT2D eigenvalue weighted by atomic mass is 10.2.